The largest absolute Gasteiger partial charge is 0.337 e. The smallest absolute Gasteiger partial charge is 0.284 e. The van der Waals surface area contributed by atoms with Crippen LogP contribution >= 0.6 is 11.3 Å². The van der Waals surface area contributed by atoms with Gasteiger partial charge in [-0.05, 0) is 44.0 Å². The number of carbonyl (C=O) groups excluding carboxylic acids is 2. The molecule has 2 amide bonds. The van der Waals surface area contributed by atoms with Crippen molar-refractivity contribution in [3.63, 3.8) is 0 Å². The maximum atomic E-state index is 12.5. The van der Waals surface area contributed by atoms with Crippen LogP contribution in [0.1, 0.15) is 33.0 Å². The molecule has 2 aliphatic rings. The number of nitrogens with one attached hydrogen (secondary N) is 2. The van der Waals surface area contributed by atoms with Crippen LogP contribution in [-0.4, -0.2) is 41.6 Å². The van der Waals surface area contributed by atoms with E-state index in [0.717, 1.165) is 42.8 Å². The molecule has 3 N–H and O–H groups in total. The highest BCUT2D eigenvalue weighted by atomic mass is 32.1. The topological polar surface area (TPSA) is 81.7 Å². The van der Waals surface area contributed by atoms with Crippen molar-refractivity contribution >= 4 is 23.2 Å². The molecule has 3 heterocycles. The third kappa shape index (κ3) is 2.95. The van der Waals surface area contributed by atoms with E-state index in [1.54, 1.807) is 5.48 Å². The number of carbonyl (C=O) groups is 2. The molecule has 0 unspecified atom stereocenters. The van der Waals surface area contributed by atoms with E-state index >= 15 is 0 Å². The van der Waals surface area contributed by atoms with Gasteiger partial charge in [-0.15, -0.1) is 11.3 Å². The maximum Gasteiger partial charge on any atom is 0.284 e. The van der Waals surface area contributed by atoms with Gasteiger partial charge in [0.2, 0.25) is 5.91 Å². The van der Waals surface area contributed by atoms with E-state index in [1.165, 1.54) is 11.3 Å². The number of hydrogen-bond acceptors (Lipinski definition) is 5. The van der Waals surface area contributed by atoms with Gasteiger partial charge in [0.1, 0.15) is 0 Å². The molecule has 0 aliphatic carbocycles. The molecule has 1 aromatic rings. The number of rotatable bonds is 2. The average molecular weight is 309 g/mol. The van der Waals surface area contributed by atoms with Gasteiger partial charge in [-0.25, -0.2) is 5.48 Å². The first-order valence-electron chi connectivity index (χ1n) is 7.24. The number of fused-ring (bicyclic) bond motifs is 1. The van der Waals surface area contributed by atoms with E-state index in [2.05, 4.69) is 5.32 Å². The summed E-state index contributed by atoms with van der Waals surface area (Å²) in [6.45, 7) is 3.12. The summed E-state index contributed by atoms with van der Waals surface area (Å²) in [6, 6.07) is 1.82. The number of hydrogen-bond donors (Lipinski definition) is 3. The van der Waals surface area contributed by atoms with Gasteiger partial charge in [0.25, 0.3) is 5.91 Å². The third-order valence-electron chi connectivity index (χ3n) is 4.21. The molecule has 2 aliphatic heterocycles. The molecule has 1 aromatic heterocycles. The molecule has 1 saturated heterocycles. The molecule has 0 radical (unpaired) electrons. The lowest BCUT2D eigenvalue weighted by Crippen LogP contribution is -2.42. The van der Waals surface area contributed by atoms with Gasteiger partial charge >= 0.3 is 0 Å². The summed E-state index contributed by atoms with van der Waals surface area (Å²) in [5.41, 5.74) is 2.78. The Balaban J connectivity index is 1.70. The first-order valence-corrected chi connectivity index (χ1v) is 8.06. The second-order valence-corrected chi connectivity index (χ2v) is 6.67. The zero-order valence-corrected chi connectivity index (χ0v) is 12.5. The van der Waals surface area contributed by atoms with Crippen molar-refractivity contribution in [2.45, 2.75) is 25.8 Å². The Morgan fingerprint density at radius 2 is 2.14 bits per heavy atom. The van der Waals surface area contributed by atoms with Crippen molar-refractivity contribution < 1.29 is 14.8 Å². The van der Waals surface area contributed by atoms with E-state index in [1.807, 2.05) is 11.0 Å². The Kier molecular flexibility index (Phi) is 4.23. The quantitative estimate of drug-likeness (QED) is 0.556. The minimum absolute atomic E-state index is 0.132. The van der Waals surface area contributed by atoms with Gasteiger partial charge in [-0.3, -0.25) is 14.8 Å². The SMILES string of the molecule is O=C(NO)c1cc2c(s1)CN(C(=O)C1CCNCC1)CC2. The normalized spacial score (nSPS) is 19.2. The van der Waals surface area contributed by atoms with Crippen LogP contribution in [0.15, 0.2) is 6.07 Å². The van der Waals surface area contributed by atoms with Crippen molar-refractivity contribution in [1.82, 2.24) is 15.7 Å². The highest BCUT2D eigenvalue weighted by Gasteiger charge is 2.29. The molecule has 1 fully saturated rings. The van der Waals surface area contributed by atoms with Crippen LogP contribution in [0, 0.1) is 5.92 Å². The summed E-state index contributed by atoms with van der Waals surface area (Å²) in [4.78, 5) is 27.5. The predicted molar refractivity (Wildman–Crippen MR) is 78.3 cm³/mol. The summed E-state index contributed by atoms with van der Waals surface area (Å²) in [7, 11) is 0. The fourth-order valence-corrected chi connectivity index (χ4v) is 4.12. The number of hydroxylamine groups is 1. The van der Waals surface area contributed by atoms with Crippen molar-refractivity contribution in [3.8, 4) is 0 Å². The molecule has 0 saturated carbocycles. The van der Waals surface area contributed by atoms with E-state index in [9.17, 15) is 9.59 Å². The van der Waals surface area contributed by atoms with Crippen LogP contribution in [0.2, 0.25) is 0 Å². The number of piperidine rings is 1. The van der Waals surface area contributed by atoms with Crippen molar-refractivity contribution in [2.24, 2.45) is 5.92 Å². The number of amides is 2. The Labute approximate surface area is 127 Å². The van der Waals surface area contributed by atoms with Crippen LogP contribution in [0.25, 0.3) is 0 Å². The summed E-state index contributed by atoms with van der Waals surface area (Å²) in [6.07, 6.45) is 2.59. The fourth-order valence-electron chi connectivity index (χ4n) is 3.00. The van der Waals surface area contributed by atoms with Crippen LogP contribution in [0.5, 0.6) is 0 Å². The van der Waals surface area contributed by atoms with Crippen LogP contribution in [-0.2, 0) is 17.8 Å². The van der Waals surface area contributed by atoms with Crippen molar-refractivity contribution in [3.05, 3.63) is 21.4 Å². The maximum absolute atomic E-state index is 12.5. The summed E-state index contributed by atoms with van der Waals surface area (Å²) in [5.74, 6) is -0.109. The summed E-state index contributed by atoms with van der Waals surface area (Å²) < 4.78 is 0. The lowest BCUT2D eigenvalue weighted by molar-refractivity contribution is -0.137. The summed E-state index contributed by atoms with van der Waals surface area (Å²) in [5, 5.41) is 12.0. The van der Waals surface area contributed by atoms with Crippen molar-refractivity contribution in [2.75, 3.05) is 19.6 Å². The standard InChI is InChI=1S/C14H19N3O3S/c18-13(16-20)11-7-10-3-6-17(8-12(10)21-11)14(19)9-1-4-15-5-2-9/h7,9,15,20H,1-6,8H2,(H,16,18). The minimum atomic E-state index is -0.481. The average Bonchev–Trinajstić information content (AvgIpc) is 2.97. The molecule has 6 nitrogen and oxygen atoms in total. The highest BCUT2D eigenvalue weighted by Crippen LogP contribution is 2.29. The molecule has 0 atom stereocenters. The molecule has 21 heavy (non-hydrogen) atoms. The van der Waals surface area contributed by atoms with E-state index < -0.39 is 5.91 Å². The second kappa shape index (κ2) is 6.13. The van der Waals surface area contributed by atoms with Gasteiger partial charge in [-0.2, -0.15) is 0 Å². The molecular formula is C14H19N3O3S. The van der Waals surface area contributed by atoms with Gasteiger partial charge in [0.05, 0.1) is 11.4 Å². The molecular weight excluding hydrogens is 290 g/mol. The van der Waals surface area contributed by atoms with Gasteiger partial charge < -0.3 is 10.2 Å². The number of thiophene rings is 1. The van der Waals surface area contributed by atoms with E-state index in [-0.39, 0.29) is 11.8 Å². The minimum Gasteiger partial charge on any atom is -0.337 e. The second-order valence-electron chi connectivity index (χ2n) is 5.53. The van der Waals surface area contributed by atoms with E-state index in [0.29, 0.717) is 18.0 Å². The van der Waals surface area contributed by atoms with Crippen LogP contribution < -0.4 is 10.8 Å². The lowest BCUT2D eigenvalue weighted by atomic mass is 9.95. The highest BCUT2D eigenvalue weighted by molar-refractivity contribution is 7.14. The zero-order valence-electron chi connectivity index (χ0n) is 11.7. The molecule has 7 heteroatoms. The van der Waals surface area contributed by atoms with Crippen LogP contribution in [0.4, 0.5) is 0 Å². The Hall–Kier alpha value is -1.44. The summed E-state index contributed by atoms with van der Waals surface area (Å²) >= 11 is 1.36. The molecule has 3 rings (SSSR count). The molecule has 0 aromatic carbocycles. The van der Waals surface area contributed by atoms with Gasteiger partial charge in [0.15, 0.2) is 0 Å². The van der Waals surface area contributed by atoms with Gasteiger partial charge in [-0.1, -0.05) is 0 Å². The first-order chi connectivity index (χ1) is 10.2. The Bertz CT molecular complexity index is 552. The van der Waals surface area contributed by atoms with Crippen molar-refractivity contribution in [1.29, 1.82) is 0 Å². The third-order valence-corrected chi connectivity index (χ3v) is 5.37. The number of nitrogens with zero attached hydrogens (tertiary/aromatic N) is 1. The lowest BCUT2D eigenvalue weighted by Gasteiger charge is -2.32. The fraction of sp³-hybridized carbons (Fsp3) is 0.571. The zero-order chi connectivity index (χ0) is 14.8. The first kappa shape index (κ1) is 14.5. The Morgan fingerprint density at radius 1 is 1.38 bits per heavy atom. The van der Waals surface area contributed by atoms with Gasteiger partial charge in [0, 0.05) is 17.3 Å². The Morgan fingerprint density at radius 3 is 2.86 bits per heavy atom. The predicted octanol–water partition coefficient (Wildman–Crippen LogP) is 0.751. The molecule has 0 bridgehead atoms. The van der Waals surface area contributed by atoms with E-state index in [4.69, 9.17) is 5.21 Å². The van der Waals surface area contributed by atoms with Crippen LogP contribution in [0.3, 0.4) is 0 Å². The molecule has 114 valence electrons. The monoisotopic (exact) mass is 309 g/mol. The molecule has 0 spiro atoms.